The van der Waals surface area contributed by atoms with Gasteiger partial charge in [0.2, 0.25) is 0 Å². The molecular formula is C39H40N6O4S2. The Morgan fingerprint density at radius 2 is 1.33 bits per heavy atom. The van der Waals surface area contributed by atoms with E-state index in [1.165, 1.54) is 44.2 Å². The van der Waals surface area contributed by atoms with E-state index < -0.39 is 5.97 Å². The van der Waals surface area contributed by atoms with Crippen LogP contribution in [0.5, 0.6) is 0 Å². The van der Waals surface area contributed by atoms with Gasteiger partial charge in [-0.1, -0.05) is 50.4 Å². The summed E-state index contributed by atoms with van der Waals surface area (Å²) in [5.74, 6) is 5.98. The van der Waals surface area contributed by atoms with Gasteiger partial charge in [-0.25, -0.2) is 24.5 Å². The van der Waals surface area contributed by atoms with E-state index in [2.05, 4.69) is 32.4 Å². The second-order valence-corrected chi connectivity index (χ2v) is 15.6. The van der Waals surface area contributed by atoms with Gasteiger partial charge in [-0.3, -0.25) is 19.1 Å². The molecule has 12 heteroatoms. The molecule has 6 heterocycles. The number of rotatable bonds is 10. The van der Waals surface area contributed by atoms with E-state index in [4.69, 9.17) is 37.3 Å². The number of hydrogen-bond donors (Lipinski definition) is 0. The molecule has 0 aromatic carbocycles. The summed E-state index contributed by atoms with van der Waals surface area (Å²) < 4.78 is 9.67. The summed E-state index contributed by atoms with van der Waals surface area (Å²) in [7, 11) is 0. The minimum absolute atomic E-state index is 0.160. The second kappa shape index (κ2) is 15.1. The van der Waals surface area contributed by atoms with Crippen LogP contribution in [0.1, 0.15) is 118 Å². The largest absolute Gasteiger partial charge is 0.461 e. The number of imidazole rings is 2. The number of nitrogens with zero attached hydrogens (tertiary/aromatic N) is 6. The highest BCUT2D eigenvalue weighted by molar-refractivity contribution is 7.15. The molecule has 0 saturated heterocycles. The second-order valence-electron chi connectivity index (χ2n) is 13.5. The molecule has 4 aromatic rings. The molecule has 4 aromatic heterocycles. The number of carbonyl (C=O) groups is 1. The van der Waals surface area contributed by atoms with Gasteiger partial charge in [-0.2, -0.15) is 0 Å². The summed E-state index contributed by atoms with van der Waals surface area (Å²) in [6, 6.07) is 4.06. The fourth-order valence-electron chi connectivity index (χ4n) is 7.79. The van der Waals surface area contributed by atoms with Crippen molar-refractivity contribution in [2.45, 2.75) is 90.3 Å². The molecular weight excluding hydrogens is 681 g/mol. The fraction of sp³-hybridized carbons (Fsp3) is 0.462. The van der Waals surface area contributed by atoms with Crippen LogP contribution in [-0.4, -0.2) is 49.7 Å². The predicted molar refractivity (Wildman–Crippen MR) is 198 cm³/mol. The number of thiophene rings is 2. The number of terminal acetylenes is 2. The van der Waals surface area contributed by atoms with Crippen LogP contribution >= 0.6 is 22.7 Å². The topological polar surface area (TPSA) is 105 Å². The smallest absolute Gasteiger partial charge is 0.358 e. The SMILES string of the molecule is C#Cc1cc2c(s1)C(C1CCCCC1)=NCc1c(COOCCCOC(=O)c3ncn4c3CN=C(C3CCCCC3)c3sc(C#C)cc3-4)ncn1-2. The van der Waals surface area contributed by atoms with Crippen LogP contribution in [0.4, 0.5) is 0 Å². The van der Waals surface area contributed by atoms with E-state index in [0.29, 0.717) is 37.0 Å². The van der Waals surface area contributed by atoms with E-state index in [1.54, 1.807) is 29.0 Å². The van der Waals surface area contributed by atoms with Crippen molar-refractivity contribution in [1.29, 1.82) is 0 Å². The molecule has 0 amide bonds. The predicted octanol–water partition coefficient (Wildman–Crippen LogP) is 7.60. The van der Waals surface area contributed by atoms with Crippen molar-refractivity contribution >= 4 is 40.1 Å². The molecule has 0 spiro atoms. The summed E-state index contributed by atoms with van der Waals surface area (Å²) >= 11 is 3.23. The Kier molecular flexibility index (Phi) is 10.0. The highest BCUT2D eigenvalue weighted by Gasteiger charge is 2.31. The molecule has 262 valence electrons. The summed E-state index contributed by atoms with van der Waals surface area (Å²) in [5.41, 5.74) is 7.01. The first-order chi connectivity index (χ1) is 25.1. The third-order valence-electron chi connectivity index (χ3n) is 10.4. The van der Waals surface area contributed by atoms with E-state index >= 15 is 0 Å². The maximum Gasteiger partial charge on any atom is 0.358 e. The van der Waals surface area contributed by atoms with Gasteiger partial charge in [-0.05, 0) is 37.8 Å². The zero-order valence-electron chi connectivity index (χ0n) is 28.6. The molecule has 2 fully saturated rings. The number of aromatic nitrogens is 4. The zero-order chi connectivity index (χ0) is 34.7. The molecule has 2 aliphatic heterocycles. The highest BCUT2D eigenvalue weighted by atomic mass is 32.1. The lowest BCUT2D eigenvalue weighted by molar-refractivity contribution is -0.305. The lowest BCUT2D eigenvalue weighted by Gasteiger charge is -2.23. The third kappa shape index (κ3) is 6.74. The summed E-state index contributed by atoms with van der Waals surface area (Å²) in [4.78, 5) is 47.5. The van der Waals surface area contributed by atoms with Crippen LogP contribution in [-0.2, 0) is 34.2 Å². The van der Waals surface area contributed by atoms with Gasteiger partial charge in [-0.15, -0.1) is 35.5 Å². The third-order valence-corrected chi connectivity index (χ3v) is 12.5. The number of aliphatic imine (C=N–C) groups is 2. The van der Waals surface area contributed by atoms with E-state index in [0.717, 1.165) is 73.7 Å². The molecule has 0 atom stereocenters. The van der Waals surface area contributed by atoms with Crippen LogP contribution in [0.2, 0.25) is 0 Å². The fourth-order valence-corrected chi connectivity index (χ4v) is 9.89. The van der Waals surface area contributed by atoms with Gasteiger partial charge >= 0.3 is 5.97 Å². The molecule has 51 heavy (non-hydrogen) atoms. The average molecular weight is 721 g/mol. The first-order valence-electron chi connectivity index (χ1n) is 18.0. The first-order valence-corrected chi connectivity index (χ1v) is 19.6. The summed E-state index contributed by atoms with van der Waals surface area (Å²) in [6.07, 6.45) is 27.6. The molecule has 0 bridgehead atoms. The normalized spacial score (nSPS) is 17.5. The monoisotopic (exact) mass is 720 g/mol. The number of hydrogen-bond acceptors (Lipinski definition) is 10. The van der Waals surface area contributed by atoms with Crippen molar-refractivity contribution in [1.82, 2.24) is 19.1 Å². The Balaban J connectivity index is 0.861. The Bertz CT molecular complexity index is 2070. The van der Waals surface area contributed by atoms with E-state index in [1.807, 2.05) is 17.0 Å². The zero-order valence-corrected chi connectivity index (χ0v) is 30.2. The van der Waals surface area contributed by atoms with Crippen LogP contribution in [0.3, 0.4) is 0 Å². The Hall–Kier alpha value is -4.33. The van der Waals surface area contributed by atoms with Crippen molar-refractivity contribution in [2.24, 2.45) is 21.8 Å². The summed E-state index contributed by atoms with van der Waals surface area (Å²) in [5, 5.41) is 0. The van der Waals surface area contributed by atoms with Gasteiger partial charge in [0, 0.05) is 18.3 Å². The number of carbonyl (C=O) groups excluding carboxylic acids is 1. The Morgan fingerprint density at radius 1 is 0.765 bits per heavy atom. The molecule has 10 nitrogen and oxygen atoms in total. The van der Waals surface area contributed by atoms with Crippen LogP contribution in [0.25, 0.3) is 11.4 Å². The highest BCUT2D eigenvalue weighted by Crippen LogP contribution is 2.38. The molecule has 0 unspecified atom stereocenters. The van der Waals surface area contributed by atoms with Crippen molar-refractivity contribution in [3.05, 3.63) is 67.1 Å². The number of esters is 1. The maximum atomic E-state index is 13.2. The summed E-state index contributed by atoms with van der Waals surface area (Å²) in [6.45, 7) is 1.47. The molecule has 8 rings (SSSR count). The van der Waals surface area contributed by atoms with Crippen molar-refractivity contribution in [3.63, 3.8) is 0 Å². The molecule has 2 aliphatic carbocycles. The standard InChI is InChI=1S/C39H40N6O4S2/c1-3-27-18-30-37(50-27)34(25-12-7-5-8-13-25)40-20-32-29(42-23-44(30)32)22-49-48-17-11-16-47-39(46)36-33-21-41-35(26-14-9-6-10-15-26)38-31(45(33)24-43-36)19-28(4-2)51-38/h1-2,18-19,23-26H,5-17,20-22H2. The van der Waals surface area contributed by atoms with Gasteiger partial charge in [0.15, 0.2) is 5.69 Å². The number of fused-ring (bicyclic) bond motifs is 6. The van der Waals surface area contributed by atoms with E-state index in [9.17, 15) is 4.79 Å². The quantitative estimate of drug-likeness (QED) is 0.0550. The van der Waals surface area contributed by atoms with Gasteiger partial charge < -0.3 is 4.74 Å². The van der Waals surface area contributed by atoms with Gasteiger partial charge in [0.1, 0.15) is 12.9 Å². The lowest BCUT2D eigenvalue weighted by atomic mass is 9.85. The van der Waals surface area contributed by atoms with Crippen LogP contribution in [0.15, 0.2) is 34.8 Å². The molecule has 0 N–H and O–H groups in total. The molecule has 4 aliphatic rings. The Morgan fingerprint density at radius 3 is 1.94 bits per heavy atom. The Labute approximate surface area is 305 Å². The van der Waals surface area contributed by atoms with Gasteiger partial charge in [0.25, 0.3) is 0 Å². The van der Waals surface area contributed by atoms with Crippen molar-refractivity contribution in [3.8, 4) is 36.1 Å². The van der Waals surface area contributed by atoms with Crippen molar-refractivity contribution < 1.29 is 19.3 Å². The average Bonchev–Trinajstić information content (AvgIpc) is 3.95. The molecule has 0 radical (unpaired) electrons. The van der Waals surface area contributed by atoms with Crippen molar-refractivity contribution in [2.75, 3.05) is 13.2 Å². The lowest BCUT2D eigenvalue weighted by Crippen LogP contribution is -2.18. The van der Waals surface area contributed by atoms with Crippen LogP contribution < -0.4 is 0 Å². The minimum Gasteiger partial charge on any atom is -0.461 e. The maximum absolute atomic E-state index is 13.2. The minimum atomic E-state index is -0.482. The molecule has 2 saturated carbocycles. The first kappa shape index (κ1) is 33.8. The van der Waals surface area contributed by atoms with Crippen LogP contribution in [0, 0.1) is 36.5 Å². The number of ether oxygens (including phenoxy) is 1. The van der Waals surface area contributed by atoms with E-state index in [-0.39, 0.29) is 25.5 Å². The van der Waals surface area contributed by atoms with Gasteiger partial charge in [0.05, 0.1) is 92.0 Å².